The second-order valence-electron chi connectivity index (χ2n) is 4.82. The number of hydrogen-bond acceptors (Lipinski definition) is 3. The third-order valence-corrected chi connectivity index (χ3v) is 3.81. The molecule has 1 aliphatic rings. The number of aliphatic hydroxyl groups is 1. The number of hydrogen-bond donors (Lipinski definition) is 2. The summed E-state index contributed by atoms with van der Waals surface area (Å²) < 4.78 is 0.859. The van der Waals surface area contributed by atoms with Crippen LogP contribution in [-0.2, 0) is 4.79 Å². The van der Waals surface area contributed by atoms with Gasteiger partial charge in [-0.1, -0.05) is 6.08 Å². The van der Waals surface area contributed by atoms with E-state index >= 15 is 0 Å². The molecule has 1 heterocycles. The molecule has 0 radical (unpaired) electrons. The van der Waals surface area contributed by atoms with Crippen LogP contribution in [-0.4, -0.2) is 23.6 Å². The Morgan fingerprint density at radius 1 is 1.58 bits per heavy atom. The Kier molecular flexibility index (Phi) is 3.96. The van der Waals surface area contributed by atoms with Gasteiger partial charge < -0.3 is 15.3 Å². The first-order valence-electron chi connectivity index (χ1n) is 6.15. The van der Waals surface area contributed by atoms with Crippen molar-refractivity contribution in [3.05, 3.63) is 34.8 Å². The minimum Gasteiger partial charge on any atom is -0.378 e. The lowest BCUT2D eigenvalue weighted by molar-refractivity contribution is -0.123. The summed E-state index contributed by atoms with van der Waals surface area (Å²) >= 11 is 3.51. The predicted octanol–water partition coefficient (Wildman–Crippen LogP) is 2.84. The summed E-state index contributed by atoms with van der Waals surface area (Å²) in [5.41, 5.74) is 2.26. The van der Waals surface area contributed by atoms with Crippen LogP contribution < -0.4 is 10.2 Å². The van der Waals surface area contributed by atoms with E-state index in [0.29, 0.717) is 23.8 Å². The average molecular weight is 325 g/mol. The molecule has 1 atom stereocenters. The highest BCUT2D eigenvalue weighted by molar-refractivity contribution is 9.10. The minimum atomic E-state index is -1.08. The zero-order valence-corrected chi connectivity index (χ0v) is 12.6. The first kappa shape index (κ1) is 14.1. The normalized spacial score (nSPS) is 17.3. The van der Waals surface area contributed by atoms with Crippen molar-refractivity contribution in [1.82, 2.24) is 0 Å². The van der Waals surface area contributed by atoms with Gasteiger partial charge in [-0.05, 0) is 41.9 Å². The molecule has 0 saturated heterocycles. The number of halogens is 1. The average Bonchev–Trinajstić information content (AvgIpc) is 2.62. The number of nitrogens with one attached hydrogen (secondary N) is 1. The van der Waals surface area contributed by atoms with Crippen molar-refractivity contribution in [3.63, 3.8) is 0 Å². The van der Waals surface area contributed by atoms with Crippen LogP contribution in [0.15, 0.2) is 29.3 Å². The standard InChI is InChI=1S/C14H17BrN2O2/c1-4-5-17(8(2)3)12-7-11-9(6-10(12)15)13(18)14(19)16-11/h4,6-8,13,18H,1,5H2,2-3H3,(H,16,19). The van der Waals surface area contributed by atoms with Gasteiger partial charge in [0.1, 0.15) is 0 Å². The van der Waals surface area contributed by atoms with Crippen LogP contribution in [0.4, 0.5) is 11.4 Å². The van der Waals surface area contributed by atoms with Crippen molar-refractivity contribution in [2.24, 2.45) is 0 Å². The highest BCUT2D eigenvalue weighted by Crippen LogP contribution is 2.39. The Hall–Kier alpha value is -1.33. The molecule has 0 fully saturated rings. The van der Waals surface area contributed by atoms with Gasteiger partial charge in [-0.25, -0.2) is 0 Å². The van der Waals surface area contributed by atoms with Gasteiger partial charge in [-0.3, -0.25) is 4.79 Å². The topological polar surface area (TPSA) is 52.6 Å². The van der Waals surface area contributed by atoms with Crippen molar-refractivity contribution in [2.45, 2.75) is 26.0 Å². The summed E-state index contributed by atoms with van der Waals surface area (Å²) in [6.45, 7) is 8.67. The van der Waals surface area contributed by atoms with Gasteiger partial charge in [0, 0.05) is 28.3 Å². The molecule has 1 amide bonds. The van der Waals surface area contributed by atoms with Crippen molar-refractivity contribution < 1.29 is 9.90 Å². The molecule has 1 aromatic carbocycles. The molecule has 0 spiro atoms. The summed E-state index contributed by atoms with van der Waals surface area (Å²) in [5.74, 6) is -0.376. The van der Waals surface area contributed by atoms with E-state index in [1.165, 1.54) is 0 Å². The number of fused-ring (bicyclic) bond motifs is 1. The number of carbonyl (C=O) groups excluding carboxylic acids is 1. The lowest BCUT2D eigenvalue weighted by Crippen LogP contribution is -2.31. The summed E-state index contributed by atoms with van der Waals surface area (Å²) in [4.78, 5) is 13.6. The van der Waals surface area contributed by atoms with Crippen LogP contribution in [0, 0.1) is 0 Å². The van der Waals surface area contributed by atoms with Crippen LogP contribution in [0.3, 0.4) is 0 Å². The van der Waals surface area contributed by atoms with Gasteiger partial charge in [0.15, 0.2) is 6.10 Å². The number of nitrogens with zero attached hydrogens (tertiary/aromatic N) is 1. The summed E-state index contributed by atoms with van der Waals surface area (Å²) in [5, 5.41) is 12.4. The fraction of sp³-hybridized carbons (Fsp3) is 0.357. The maximum Gasteiger partial charge on any atom is 0.257 e. The number of amides is 1. The molecular weight excluding hydrogens is 308 g/mol. The van der Waals surface area contributed by atoms with Crippen LogP contribution in [0.1, 0.15) is 25.5 Å². The van der Waals surface area contributed by atoms with Crippen molar-refractivity contribution in [2.75, 3.05) is 16.8 Å². The van der Waals surface area contributed by atoms with E-state index in [9.17, 15) is 9.90 Å². The molecule has 2 rings (SSSR count). The maximum absolute atomic E-state index is 11.5. The van der Waals surface area contributed by atoms with Crippen molar-refractivity contribution in [1.29, 1.82) is 0 Å². The zero-order chi connectivity index (χ0) is 14.2. The molecule has 102 valence electrons. The monoisotopic (exact) mass is 324 g/mol. The molecule has 4 nitrogen and oxygen atoms in total. The van der Waals surface area contributed by atoms with E-state index in [1.807, 2.05) is 12.1 Å². The van der Waals surface area contributed by atoms with Gasteiger partial charge in [-0.2, -0.15) is 0 Å². The lowest BCUT2D eigenvalue weighted by atomic mass is 10.1. The fourth-order valence-electron chi connectivity index (χ4n) is 2.20. The number of anilines is 2. The lowest BCUT2D eigenvalue weighted by Gasteiger charge is -2.29. The fourth-order valence-corrected chi connectivity index (χ4v) is 2.79. The third-order valence-electron chi connectivity index (χ3n) is 3.18. The third kappa shape index (κ3) is 2.53. The largest absolute Gasteiger partial charge is 0.378 e. The van der Waals surface area contributed by atoms with E-state index in [1.54, 1.807) is 6.07 Å². The number of aliphatic hydroxyl groups excluding tert-OH is 1. The molecule has 2 N–H and O–H groups in total. The van der Waals surface area contributed by atoms with Crippen LogP contribution in [0.5, 0.6) is 0 Å². The first-order valence-corrected chi connectivity index (χ1v) is 6.95. The molecule has 19 heavy (non-hydrogen) atoms. The van der Waals surface area contributed by atoms with Gasteiger partial charge in [-0.15, -0.1) is 6.58 Å². The quantitative estimate of drug-likeness (QED) is 0.837. The van der Waals surface area contributed by atoms with Crippen LogP contribution >= 0.6 is 15.9 Å². The molecule has 1 aromatic rings. The van der Waals surface area contributed by atoms with Gasteiger partial charge in [0.05, 0.1) is 5.69 Å². The van der Waals surface area contributed by atoms with E-state index in [-0.39, 0.29) is 5.91 Å². The second-order valence-corrected chi connectivity index (χ2v) is 5.67. The van der Waals surface area contributed by atoms with E-state index in [0.717, 1.165) is 10.2 Å². The van der Waals surface area contributed by atoms with Gasteiger partial charge in [0.2, 0.25) is 0 Å². The van der Waals surface area contributed by atoms with Gasteiger partial charge in [0.25, 0.3) is 5.91 Å². The van der Waals surface area contributed by atoms with Crippen molar-refractivity contribution in [3.8, 4) is 0 Å². The SMILES string of the molecule is C=CCN(c1cc2c(cc1Br)C(O)C(=O)N2)C(C)C. The smallest absolute Gasteiger partial charge is 0.257 e. The summed E-state index contributed by atoms with van der Waals surface area (Å²) in [7, 11) is 0. The molecule has 0 bridgehead atoms. The molecule has 5 heteroatoms. The molecule has 0 aromatic heterocycles. The minimum absolute atomic E-state index is 0.300. The second kappa shape index (κ2) is 5.35. The maximum atomic E-state index is 11.5. The predicted molar refractivity (Wildman–Crippen MR) is 80.4 cm³/mol. The van der Waals surface area contributed by atoms with E-state index < -0.39 is 6.10 Å². The summed E-state index contributed by atoms with van der Waals surface area (Å²) in [6, 6.07) is 3.98. The molecule has 1 unspecified atom stereocenters. The zero-order valence-electron chi connectivity index (χ0n) is 11.0. The Balaban J connectivity index is 2.46. The Morgan fingerprint density at radius 3 is 2.84 bits per heavy atom. The molecular formula is C14H17BrN2O2. The van der Waals surface area contributed by atoms with E-state index in [2.05, 4.69) is 46.6 Å². The Morgan fingerprint density at radius 2 is 2.26 bits per heavy atom. The highest BCUT2D eigenvalue weighted by atomic mass is 79.9. The number of rotatable bonds is 4. The Bertz CT molecular complexity index is 528. The molecule has 1 aliphatic heterocycles. The molecule has 0 aliphatic carbocycles. The molecule has 0 saturated carbocycles. The number of benzene rings is 1. The highest BCUT2D eigenvalue weighted by Gasteiger charge is 2.30. The van der Waals surface area contributed by atoms with Crippen molar-refractivity contribution >= 4 is 33.2 Å². The first-order chi connectivity index (χ1) is 8.95. The van der Waals surface area contributed by atoms with Crippen LogP contribution in [0.25, 0.3) is 0 Å². The van der Waals surface area contributed by atoms with Crippen LogP contribution in [0.2, 0.25) is 0 Å². The Labute approximate surface area is 121 Å². The number of carbonyl (C=O) groups is 1. The summed E-state index contributed by atoms with van der Waals surface area (Å²) in [6.07, 6.45) is 0.764. The van der Waals surface area contributed by atoms with Gasteiger partial charge >= 0.3 is 0 Å². The van der Waals surface area contributed by atoms with E-state index in [4.69, 9.17) is 0 Å².